The molecule has 1 heterocycles. The Balaban J connectivity index is 2.67. The number of hydrogen-bond donors (Lipinski definition) is 3. The van der Waals surface area contributed by atoms with E-state index < -0.39 is 30.1 Å². The minimum atomic E-state index is -1.08. The summed E-state index contributed by atoms with van der Waals surface area (Å²) in [6.45, 7) is 3.37. The largest absolute Gasteiger partial charge is 0.480 e. The summed E-state index contributed by atoms with van der Waals surface area (Å²) in [6, 6.07) is -1.74. The predicted molar refractivity (Wildman–Crippen MR) is 70.9 cm³/mol. The lowest BCUT2D eigenvalue weighted by atomic mass is 10.1. The molecule has 1 aliphatic heterocycles. The fraction of sp³-hybridized carbons (Fsp3) is 0.769. The van der Waals surface area contributed by atoms with E-state index in [-0.39, 0.29) is 18.9 Å². The number of carboxylic acid groups (broad SMARTS) is 1. The van der Waals surface area contributed by atoms with Crippen molar-refractivity contribution in [1.29, 1.82) is 0 Å². The number of rotatable bonds is 6. The lowest BCUT2D eigenvalue weighted by Gasteiger charge is -2.24. The van der Waals surface area contributed by atoms with Crippen molar-refractivity contribution >= 4 is 17.8 Å². The van der Waals surface area contributed by atoms with Gasteiger partial charge in [0.05, 0.1) is 6.10 Å². The van der Waals surface area contributed by atoms with Crippen LogP contribution in [0, 0.1) is 0 Å². The molecule has 0 aromatic heterocycles. The molecule has 114 valence electrons. The van der Waals surface area contributed by atoms with Crippen molar-refractivity contribution in [2.24, 2.45) is 0 Å². The summed E-state index contributed by atoms with van der Waals surface area (Å²) in [5.41, 5.74) is 0. The van der Waals surface area contributed by atoms with E-state index in [9.17, 15) is 19.5 Å². The summed E-state index contributed by atoms with van der Waals surface area (Å²) >= 11 is 0. The van der Waals surface area contributed by atoms with Gasteiger partial charge in [-0.3, -0.25) is 9.59 Å². The Morgan fingerprint density at radius 3 is 2.55 bits per heavy atom. The van der Waals surface area contributed by atoms with Gasteiger partial charge in [0.2, 0.25) is 11.8 Å². The SMILES string of the molecule is CCCC[C@H](NC(=O)[C@@H]1C[C@@H](O)CN1C(C)=O)C(=O)O. The fourth-order valence-electron chi connectivity index (χ4n) is 2.34. The Hall–Kier alpha value is -1.63. The Morgan fingerprint density at radius 1 is 1.40 bits per heavy atom. The normalized spacial score (nSPS) is 23.4. The number of unbranched alkanes of at least 4 members (excludes halogenated alkanes) is 1. The highest BCUT2D eigenvalue weighted by Gasteiger charge is 2.38. The Kier molecular flexibility index (Phi) is 5.94. The molecule has 2 amide bonds. The number of likely N-dealkylation sites (tertiary alicyclic amines) is 1. The molecule has 1 fully saturated rings. The molecule has 20 heavy (non-hydrogen) atoms. The van der Waals surface area contributed by atoms with E-state index in [1.807, 2.05) is 6.92 Å². The van der Waals surface area contributed by atoms with E-state index in [0.717, 1.165) is 6.42 Å². The summed E-state index contributed by atoms with van der Waals surface area (Å²) in [4.78, 5) is 35.9. The van der Waals surface area contributed by atoms with Gasteiger partial charge in [0.15, 0.2) is 0 Å². The average Bonchev–Trinajstić information content (AvgIpc) is 2.76. The molecule has 7 heteroatoms. The zero-order chi connectivity index (χ0) is 15.3. The van der Waals surface area contributed by atoms with Crippen LogP contribution < -0.4 is 5.32 Å². The first-order valence-corrected chi connectivity index (χ1v) is 6.85. The number of nitrogens with zero attached hydrogens (tertiary/aromatic N) is 1. The zero-order valence-corrected chi connectivity index (χ0v) is 11.8. The summed E-state index contributed by atoms with van der Waals surface area (Å²) < 4.78 is 0. The maximum absolute atomic E-state index is 12.1. The highest BCUT2D eigenvalue weighted by molar-refractivity contribution is 5.90. The second-order valence-electron chi connectivity index (χ2n) is 5.12. The molecule has 0 aromatic rings. The van der Waals surface area contributed by atoms with Crippen molar-refractivity contribution < 1.29 is 24.6 Å². The monoisotopic (exact) mass is 286 g/mol. The first kappa shape index (κ1) is 16.4. The first-order valence-electron chi connectivity index (χ1n) is 6.85. The van der Waals surface area contributed by atoms with Crippen molar-refractivity contribution in [3.63, 3.8) is 0 Å². The van der Waals surface area contributed by atoms with Gasteiger partial charge in [-0.25, -0.2) is 4.79 Å². The molecule has 3 atom stereocenters. The van der Waals surface area contributed by atoms with E-state index in [0.29, 0.717) is 12.8 Å². The number of β-amino-alcohol motifs (C(OH)–C–C–N with tert-alkyl or cyclic N) is 1. The van der Waals surface area contributed by atoms with Crippen LogP contribution in [0.4, 0.5) is 0 Å². The molecule has 1 rings (SSSR count). The lowest BCUT2D eigenvalue weighted by molar-refractivity contribution is -0.143. The average molecular weight is 286 g/mol. The summed E-state index contributed by atoms with van der Waals surface area (Å²) in [6.07, 6.45) is 1.29. The number of hydrogen-bond acceptors (Lipinski definition) is 4. The van der Waals surface area contributed by atoms with Crippen molar-refractivity contribution in [2.45, 2.75) is 57.7 Å². The topological polar surface area (TPSA) is 107 Å². The maximum atomic E-state index is 12.1. The fourth-order valence-corrected chi connectivity index (χ4v) is 2.34. The van der Waals surface area contributed by atoms with E-state index in [4.69, 9.17) is 5.11 Å². The molecule has 0 saturated carbocycles. The summed E-state index contributed by atoms with van der Waals surface area (Å²) in [5.74, 6) is -1.90. The van der Waals surface area contributed by atoms with Gasteiger partial charge in [-0.15, -0.1) is 0 Å². The minimum Gasteiger partial charge on any atom is -0.480 e. The summed E-state index contributed by atoms with van der Waals surface area (Å²) in [5, 5.41) is 21.1. The van der Waals surface area contributed by atoms with Crippen LogP contribution in [0.1, 0.15) is 39.5 Å². The van der Waals surface area contributed by atoms with Gasteiger partial charge in [-0.2, -0.15) is 0 Å². The Labute approximate surface area is 117 Å². The van der Waals surface area contributed by atoms with Gasteiger partial charge < -0.3 is 20.4 Å². The molecule has 1 saturated heterocycles. The molecule has 0 unspecified atom stereocenters. The van der Waals surface area contributed by atoms with Crippen LogP contribution in [0.2, 0.25) is 0 Å². The number of aliphatic carboxylic acids is 1. The third kappa shape index (κ3) is 4.19. The van der Waals surface area contributed by atoms with Gasteiger partial charge in [-0.05, 0) is 6.42 Å². The Bertz CT molecular complexity index is 385. The molecule has 0 radical (unpaired) electrons. The third-order valence-corrected chi connectivity index (χ3v) is 3.45. The quantitative estimate of drug-likeness (QED) is 0.623. The standard InChI is InChI=1S/C13H22N2O5/c1-3-4-5-10(13(19)20)14-12(18)11-6-9(17)7-15(11)8(2)16/h9-11,17H,3-7H2,1-2H3,(H,14,18)(H,19,20)/t9-,10+,11+/m1/s1. The van der Waals surface area contributed by atoms with Gasteiger partial charge in [0.25, 0.3) is 0 Å². The van der Waals surface area contributed by atoms with Crippen LogP contribution in [0.15, 0.2) is 0 Å². The van der Waals surface area contributed by atoms with Gasteiger partial charge >= 0.3 is 5.97 Å². The second kappa shape index (κ2) is 7.23. The number of carbonyl (C=O) groups is 3. The van der Waals surface area contributed by atoms with Crippen molar-refractivity contribution in [2.75, 3.05) is 6.54 Å². The number of carbonyl (C=O) groups excluding carboxylic acids is 2. The molecule has 0 aliphatic carbocycles. The van der Waals surface area contributed by atoms with Crippen LogP contribution in [0.5, 0.6) is 0 Å². The molecular weight excluding hydrogens is 264 g/mol. The molecule has 3 N–H and O–H groups in total. The maximum Gasteiger partial charge on any atom is 0.326 e. The number of aliphatic hydroxyl groups excluding tert-OH is 1. The molecule has 0 spiro atoms. The number of aliphatic hydroxyl groups is 1. The van der Waals surface area contributed by atoms with Crippen LogP contribution in [0.25, 0.3) is 0 Å². The molecule has 0 aromatic carbocycles. The van der Waals surface area contributed by atoms with Crippen molar-refractivity contribution in [3.8, 4) is 0 Å². The van der Waals surface area contributed by atoms with Crippen molar-refractivity contribution in [3.05, 3.63) is 0 Å². The molecular formula is C13H22N2O5. The molecule has 0 bridgehead atoms. The minimum absolute atomic E-state index is 0.111. The zero-order valence-electron chi connectivity index (χ0n) is 11.8. The molecule has 7 nitrogen and oxygen atoms in total. The predicted octanol–water partition coefficient (Wildman–Crippen LogP) is -0.272. The van der Waals surface area contributed by atoms with Crippen LogP contribution in [-0.4, -0.2) is 57.6 Å². The number of nitrogens with one attached hydrogen (secondary N) is 1. The van der Waals surface area contributed by atoms with Gasteiger partial charge in [-0.1, -0.05) is 19.8 Å². The smallest absolute Gasteiger partial charge is 0.326 e. The second-order valence-corrected chi connectivity index (χ2v) is 5.12. The summed E-state index contributed by atoms with van der Waals surface area (Å²) in [7, 11) is 0. The third-order valence-electron chi connectivity index (χ3n) is 3.45. The number of carboxylic acids is 1. The van der Waals surface area contributed by atoms with Gasteiger partial charge in [0.1, 0.15) is 12.1 Å². The Morgan fingerprint density at radius 2 is 2.05 bits per heavy atom. The first-order chi connectivity index (χ1) is 9.36. The van der Waals surface area contributed by atoms with Crippen LogP contribution >= 0.6 is 0 Å². The van der Waals surface area contributed by atoms with E-state index in [2.05, 4.69) is 5.32 Å². The van der Waals surface area contributed by atoms with Crippen LogP contribution in [0.3, 0.4) is 0 Å². The van der Waals surface area contributed by atoms with Crippen LogP contribution in [-0.2, 0) is 14.4 Å². The number of amides is 2. The molecule has 1 aliphatic rings. The van der Waals surface area contributed by atoms with E-state index in [1.165, 1.54) is 11.8 Å². The van der Waals surface area contributed by atoms with Crippen molar-refractivity contribution in [1.82, 2.24) is 10.2 Å². The highest BCUT2D eigenvalue weighted by atomic mass is 16.4. The highest BCUT2D eigenvalue weighted by Crippen LogP contribution is 2.18. The van der Waals surface area contributed by atoms with E-state index >= 15 is 0 Å². The lowest BCUT2D eigenvalue weighted by Crippen LogP contribution is -2.50. The van der Waals surface area contributed by atoms with Gasteiger partial charge in [0, 0.05) is 19.9 Å². The van der Waals surface area contributed by atoms with E-state index in [1.54, 1.807) is 0 Å².